The van der Waals surface area contributed by atoms with E-state index < -0.39 is 10.0 Å². The van der Waals surface area contributed by atoms with Crippen molar-refractivity contribution in [3.63, 3.8) is 0 Å². The maximum atomic E-state index is 12.8. The Kier molecular flexibility index (Phi) is 9.86. The monoisotopic (exact) mass is 503 g/mol. The molecule has 2 aromatic rings. The van der Waals surface area contributed by atoms with E-state index >= 15 is 0 Å². The van der Waals surface area contributed by atoms with Crippen LogP contribution in [0.4, 0.5) is 5.69 Å². The average molecular weight is 504 g/mol. The highest BCUT2D eigenvalue weighted by Crippen LogP contribution is 2.22. The highest BCUT2D eigenvalue weighted by atomic mass is 32.2. The van der Waals surface area contributed by atoms with Gasteiger partial charge in [0, 0.05) is 24.3 Å². The maximum Gasteiger partial charge on any atom is 0.257 e. The highest BCUT2D eigenvalue weighted by Gasteiger charge is 2.25. The third-order valence-corrected chi connectivity index (χ3v) is 7.79. The van der Waals surface area contributed by atoms with Crippen LogP contribution in [-0.4, -0.2) is 43.4 Å². The summed E-state index contributed by atoms with van der Waals surface area (Å²) in [6.07, 6.45) is 7.41. The van der Waals surface area contributed by atoms with Crippen molar-refractivity contribution in [2.24, 2.45) is 0 Å². The van der Waals surface area contributed by atoms with Crippen LogP contribution in [0.25, 0.3) is 0 Å². The maximum absolute atomic E-state index is 12.8. The van der Waals surface area contributed by atoms with Gasteiger partial charge in [0.1, 0.15) is 5.75 Å². The van der Waals surface area contributed by atoms with Gasteiger partial charge < -0.3 is 10.1 Å². The highest BCUT2D eigenvalue weighted by molar-refractivity contribution is 7.89. The number of hydrogen-bond acceptors (Lipinski definition) is 5. The standard InChI is InChI=1S/C25H33N3O4S2/c1-2-3-4-8-19-32-22-13-9-20(10-14-22)24(29)27-25(33)26-21-11-15-23(16-12-21)34(30,31)28-17-6-5-7-18-28/h9-16H,2-8,17-19H2,1H3,(H2,26,27,29,33). The van der Waals surface area contributed by atoms with Gasteiger partial charge >= 0.3 is 0 Å². The largest absolute Gasteiger partial charge is 0.494 e. The molecule has 1 aliphatic heterocycles. The van der Waals surface area contributed by atoms with Crippen molar-refractivity contribution < 1.29 is 17.9 Å². The molecule has 0 saturated carbocycles. The number of benzene rings is 2. The molecule has 0 bridgehead atoms. The minimum Gasteiger partial charge on any atom is -0.494 e. The van der Waals surface area contributed by atoms with Gasteiger partial charge in [0.2, 0.25) is 10.0 Å². The number of piperidine rings is 1. The Labute approximate surface area is 207 Å². The molecule has 0 aromatic heterocycles. The van der Waals surface area contributed by atoms with Crippen molar-refractivity contribution >= 4 is 38.9 Å². The van der Waals surface area contributed by atoms with Gasteiger partial charge in [-0.2, -0.15) is 4.31 Å². The molecule has 0 atom stereocenters. The van der Waals surface area contributed by atoms with Gasteiger partial charge in [0.05, 0.1) is 11.5 Å². The van der Waals surface area contributed by atoms with E-state index in [-0.39, 0.29) is 15.9 Å². The van der Waals surface area contributed by atoms with Crippen LogP contribution in [0.3, 0.4) is 0 Å². The van der Waals surface area contributed by atoms with Crippen LogP contribution in [0.1, 0.15) is 62.2 Å². The molecular weight excluding hydrogens is 470 g/mol. The van der Waals surface area contributed by atoms with Crippen LogP contribution >= 0.6 is 12.2 Å². The Morgan fingerprint density at radius 2 is 1.65 bits per heavy atom. The van der Waals surface area contributed by atoms with Crippen LogP contribution < -0.4 is 15.4 Å². The summed E-state index contributed by atoms with van der Waals surface area (Å²) >= 11 is 5.24. The minimum absolute atomic E-state index is 0.132. The molecule has 34 heavy (non-hydrogen) atoms. The zero-order valence-electron chi connectivity index (χ0n) is 19.6. The zero-order chi connectivity index (χ0) is 24.4. The number of carbonyl (C=O) groups excluding carboxylic acids is 1. The van der Waals surface area contributed by atoms with Crippen LogP contribution in [-0.2, 0) is 10.0 Å². The first-order chi connectivity index (χ1) is 16.4. The van der Waals surface area contributed by atoms with Gasteiger partial charge in [-0.05, 0) is 80.0 Å². The van der Waals surface area contributed by atoms with Crippen molar-refractivity contribution in [3.8, 4) is 5.75 Å². The molecule has 1 aliphatic rings. The van der Waals surface area contributed by atoms with E-state index in [1.54, 1.807) is 48.5 Å². The van der Waals surface area contributed by atoms with E-state index in [9.17, 15) is 13.2 Å². The fraction of sp³-hybridized carbons (Fsp3) is 0.440. The first-order valence-corrected chi connectivity index (χ1v) is 13.7. The number of nitrogens with zero attached hydrogens (tertiary/aromatic N) is 1. The molecule has 2 N–H and O–H groups in total. The number of sulfonamides is 1. The van der Waals surface area contributed by atoms with Gasteiger partial charge in [-0.3, -0.25) is 10.1 Å². The second-order valence-corrected chi connectivity index (χ2v) is 10.7. The van der Waals surface area contributed by atoms with Crippen LogP contribution in [0.5, 0.6) is 5.75 Å². The van der Waals surface area contributed by atoms with Gasteiger partial charge in [-0.25, -0.2) is 8.42 Å². The predicted molar refractivity (Wildman–Crippen MR) is 139 cm³/mol. The molecule has 1 heterocycles. The molecule has 0 spiro atoms. The summed E-state index contributed by atoms with van der Waals surface area (Å²) in [6.45, 7) is 3.96. The summed E-state index contributed by atoms with van der Waals surface area (Å²) in [4.78, 5) is 12.7. The molecular formula is C25H33N3O4S2. The van der Waals surface area contributed by atoms with Crippen molar-refractivity contribution in [1.82, 2.24) is 9.62 Å². The van der Waals surface area contributed by atoms with E-state index in [1.807, 2.05) is 0 Å². The van der Waals surface area contributed by atoms with E-state index in [1.165, 1.54) is 17.1 Å². The van der Waals surface area contributed by atoms with E-state index in [0.29, 0.717) is 30.9 Å². The number of rotatable bonds is 10. The molecule has 1 saturated heterocycles. The lowest BCUT2D eigenvalue weighted by Gasteiger charge is -2.25. The Hall–Kier alpha value is -2.49. The number of anilines is 1. The number of nitrogens with one attached hydrogen (secondary N) is 2. The second kappa shape index (κ2) is 12.8. The molecule has 184 valence electrons. The van der Waals surface area contributed by atoms with Gasteiger partial charge in [0.25, 0.3) is 5.91 Å². The fourth-order valence-electron chi connectivity index (χ4n) is 3.72. The lowest BCUT2D eigenvalue weighted by atomic mass is 10.2. The predicted octanol–water partition coefficient (Wildman–Crippen LogP) is 4.95. The quantitative estimate of drug-likeness (QED) is 0.352. The SMILES string of the molecule is CCCCCCOc1ccc(C(=O)NC(=S)Nc2ccc(S(=O)(=O)N3CCCCC3)cc2)cc1. The Balaban J connectivity index is 1.48. The number of amides is 1. The first-order valence-electron chi connectivity index (χ1n) is 11.9. The van der Waals surface area contributed by atoms with Crippen LogP contribution in [0.15, 0.2) is 53.4 Å². The molecule has 0 aliphatic carbocycles. The van der Waals surface area contributed by atoms with Crippen molar-refractivity contribution in [2.75, 3.05) is 25.0 Å². The number of unbranched alkanes of at least 4 members (excludes halogenated alkanes) is 3. The Morgan fingerprint density at radius 3 is 2.29 bits per heavy atom. The van der Waals surface area contributed by atoms with Crippen molar-refractivity contribution in [1.29, 1.82) is 0 Å². The molecule has 3 rings (SSSR count). The summed E-state index contributed by atoms with van der Waals surface area (Å²) < 4.78 is 32.8. The van der Waals surface area contributed by atoms with Crippen molar-refractivity contribution in [2.45, 2.75) is 56.8 Å². The van der Waals surface area contributed by atoms with Gasteiger partial charge in [-0.15, -0.1) is 0 Å². The fourth-order valence-corrected chi connectivity index (χ4v) is 5.45. The number of hydrogen-bond donors (Lipinski definition) is 2. The average Bonchev–Trinajstić information content (AvgIpc) is 2.85. The minimum atomic E-state index is -3.48. The topological polar surface area (TPSA) is 87.7 Å². The lowest BCUT2D eigenvalue weighted by molar-refractivity contribution is 0.0977. The second-order valence-electron chi connectivity index (χ2n) is 8.33. The normalized spacial score (nSPS) is 14.4. The summed E-state index contributed by atoms with van der Waals surface area (Å²) in [5, 5.41) is 5.70. The first kappa shape index (κ1) is 26.1. The van der Waals surface area contributed by atoms with E-state index in [2.05, 4.69) is 17.6 Å². The Bertz CT molecular complexity index is 1050. The number of carbonyl (C=O) groups is 1. The molecule has 0 unspecified atom stereocenters. The molecule has 1 fully saturated rings. The summed E-state index contributed by atoms with van der Waals surface area (Å²) in [5.41, 5.74) is 1.06. The molecule has 0 radical (unpaired) electrons. The van der Waals surface area contributed by atoms with E-state index in [0.717, 1.165) is 37.9 Å². The molecule has 1 amide bonds. The number of thiocarbonyl (C=S) groups is 1. The third-order valence-electron chi connectivity index (χ3n) is 5.68. The number of ether oxygens (including phenoxy) is 1. The molecule has 9 heteroatoms. The third kappa shape index (κ3) is 7.51. The Morgan fingerprint density at radius 1 is 0.971 bits per heavy atom. The lowest BCUT2D eigenvalue weighted by Crippen LogP contribution is -2.35. The summed E-state index contributed by atoms with van der Waals surface area (Å²) in [7, 11) is -3.48. The molecule has 2 aromatic carbocycles. The van der Waals surface area contributed by atoms with Crippen LogP contribution in [0.2, 0.25) is 0 Å². The van der Waals surface area contributed by atoms with E-state index in [4.69, 9.17) is 17.0 Å². The summed E-state index contributed by atoms with van der Waals surface area (Å²) in [5.74, 6) is 0.393. The van der Waals surface area contributed by atoms with Gasteiger partial charge in [0.15, 0.2) is 5.11 Å². The summed E-state index contributed by atoms with van der Waals surface area (Å²) in [6, 6.07) is 13.3. The smallest absolute Gasteiger partial charge is 0.257 e. The van der Waals surface area contributed by atoms with Crippen LogP contribution in [0, 0.1) is 0 Å². The van der Waals surface area contributed by atoms with Gasteiger partial charge in [-0.1, -0.05) is 32.6 Å². The molecule has 7 nitrogen and oxygen atoms in total. The zero-order valence-corrected chi connectivity index (χ0v) is 21.2. The van der Waals surface area contributed by atoms with Crippen molar-refractivity contribution in [3.05, 3.63) is 54.1 Å².